The Morgan fingerprint density at radius 2 is 1.12 bits per heavy atom. The molecule has 1 fully saturated rings. The van der Waals surface area contributed by atoms with Crippen LogP contribution in [0, 0.1) is 0 Å². The van der Waals surface area contributed by atoms with Gasteiger partial charge in [0.25, 0.3) is 0 Å². The van der Waals surface area contributed by atoms with Crippen molar-refractivity contribution >= 4 is 15.2 Å². The maximum atomic E-state index is 11.4. The van der Waals surface area contributed by atoms with Crippen LogP contribution in [0.15, 0.2) is 0 Å². The Balaban J connectivity index is 2.98. The molecule has 1 saturated carbocycles. The quantitative estimate of drug-likeness (QED) is 0.274. The van der Waals surface area contributed by atoms with Crippen LogP contribution in [-0.2, 0) is 9.13 Å². The second-order valence-electron chi connectivity index (χ2n) is 8.31. The van der Waals surface area contributed by atoms with E-state index in [4.69, 9.17) is 0 Å². The van der Waals surface area contributed by atoms with E-state index in [0.717, 1.165) is 32.1 Å². The molecule has 0 aromatic heterocycles. The molecule has 0 saturated heterocycles. The summed E-state index contributed by atoms with van der Waals surface area (Å²) >= 11 is 0. The summed E-state index contributed by atoms with van der Waals surface area (Å²) in [6.07, 6.45) is 3.83. The normalized spacial score (nSPS) is 20.2. The molecule has 0 unspecified atom stereocenters. The lowest BCUT2D eigenvalue weighted by Gasteiger charge is -2.49. The van der Waals surface area contributed by atoms with Gasteiger partial charge in [-0.1, -0.05) is 19.3 Å². The van der Waals surface area contributed by atoms with Crippen molar-refractivity contribution in [3.8, 4) is 0 Å². The summed E-state index contributed by atoms with van der Waals surface area (Å²) in [6.45, 7) is 6.94. The lowest BCUT2D eigenvalue weighted by atomic mass is 9.85. The summed E-state index contributed by atoms with van der Waals surface area (Å²) in [5.41, 5.74) is -2.24. The van der Waals surface area contributed by atoms with Crippen LogP contribution in [0.25, 0.3) is 0 Å². The fourth-order valence-corrected chi connectivity index (χ4v) is 6.06. The Morgan fingerprint density at radius 1 is 0.792 bits per heavy atom. The molecule has 1 rings (SSSR count). The van der Waals surface area contributed by atoms with Crippen molar-refractivity contribution in [2.24, 2.45) is 0 Å². The maximum Gasteiger partial charge on any atom is 0.327 e. The van der Waals surface area contributed by atoms with Crippen LogP contribution in [0.1, 0.15) is 59.8 Å². The van der Waals surface area contributed by atoms with Gasteiger partial charge in [-0.05, 0) is 40.5 Å². The number of rotatable bonds is 8. The highest BCUT2D eigenvalue weighted by molar-refractivity contribution is 7.52. The standard InChI is InChI=1S/C14H32N2O6P2/c1-12(2,10-23(17,18)19)15-14(8-6-5-7-9-14)16-13(3,4)11-24(20,21)22/h15-16H,5-11H2,1-4H3,(H2,17,18,19)(H2,20,21,22). The summed E-state index contributed by atoms with van der Waals surface area (Å²) in [5.74, 6) is 0. The fraction of sp³-hybridized carbons (Fsp3) is 1.00. The predicted octanol–water partition coefficient (Wildman–Crippen LogP) is 1.74. The van der Waals surface area contributed by atoms with E-state index in [1.165, 1.54) is 0 Å². The summed E-state index contributed by atoms with van der Waals surface area (Å²) < 4.78 is 22.8. The van der Waals surface area contributed by atoms with Gasteiger partial charge >= 0.3 is 15.2 Å². The molecule has 0 aromatic rings. The lowest BCUT2D eigenvalue weighted by molar-refractivity contribution is 0.105. The molecule has 8 nitrogen and oxygen atoms in total. The minimum Gasteiger partial charge on any atom is -0.324 e. The molecule has 0 radical (unpaired) electrons. The minimum atomic E-state index is -4.18. The molecule has 1 aliphatic carbocycles. The van der Waals surface area contributed by atoms with Gasteiger partial charge in [0.05, 0.1) is 18.0 Å². The molecule has 0 spiro atoms. The van der Waals surface area contributed by atoms with Crippen LogP contribution in [0.3, 0.4) is 0 Å². The highest BCUT2D eigenvalue weighted by Gasteiger charge is 2.43. The van der Waals surface area contributed by atoms with Crippen LogP contribution in [-0.4, -0.2) is 48.6 Å². The highest BCUT2D eigenvalue weighted by Crippen LogP contribution is 2.42. The second-order valence-corrected chi connectivity index (χ2v) is 11.6. The van der Waals surface area contributed by atoms with Gasteiger partial charge in [0.15, 0.2) is 0 Å². The Hall–Kier alpha value is 0.220. The number of hydrogen-bond donors (Lipinski definition) is 6. The monoisotopic (exact) mass is 386 g/mol. The van der Waals surface area contributed by atoms with Crippen molar-refractivity contribution in [3.05, 3.63) is 0 Å². The Labute approximate surface area is 144 Å². The van der Waals surface area contributed by atoms with Gasteiger partial charge in [0.1, 0.15) is 0 Å². The Morgan fingerprint density at radius 3 is 1.42 bits per heavy atom. The first-order chi connectivity index (χ1) is 10.5. The Kier molecular flexibility index (Phi) is 6.91. The van der Waals surface area contributed by atoms with Gasteiger partial charge in [0.2, 0.25) is 0 Å². The largest absolute Gasteiger partial charge is 0.327 e. The SMILES string of the molecule is CC(C)(CP(=O)(O)O)NC1(NC(C)(C)CP(=O)(O)O)CCCCC1. The predicted molar refractivity (Wildman–Crippen MR) is 94.1 cm³/mol. The zero-order valence-electron chi connectivity index (χ0n) is 14.9. The molecule has 0 amide bonds. The van der Waals surface area contributed by atoms with Gasteiger partial charge in [-0.25, -0.2) is 0 Å². The van der Waals surface area contributed by atoms with Gasteiger partial charge in [-0.3, -0.25) is 19.8 Å². The average Bonchev–Trinajstić information content (AvgIpc) is 2.19. The van der Waals surface area contributed by atoms with Crippen LogP contribution in [0.2, 0.25) is 0 Å². The molecule has 6 N–H and O–H groups in total. The van der Waals surface area contributed by atoms with Gasteiger partial charge in [-0.15, -0.1) is 0 Å². The summed E-state index contributed by atoms with van der Waals surface area (Å²) in [4.78, 5) is 37.2. The molecule has 0 bridgehead atoms. The fourth-order valence-electron chi connectivity index (χ4n) is 3.84. The molecule has 0 aliphatic heterocycles. The first-order valence-electron chi connectivity index (χ1n) is 8.21. The molecule has 24 heavy (non-hydrogen) atoms. The van der Waals surface area contributed by atoms with Gasteiger partial charge < -0.3 is 19.6 Å². The number of hydrogen-bond acceptors (Lipinski definition) is 4. The van der Waals surface area contributed by atoms with E-state index in [1.807, 2.05) is 0 Å². The Bertz CT molecular complexity index is 479. The molecular weight excluding hydrogens is 354 g/mol. The topological polar surface area (TPSA) is 139 Å². The summed E-state index contributed by atoms with van der Waals surface area (Å²) in [7, 11) is -8.37. The summed E-state index contributed by atoms with van der Waals surface area (Å²) in [6, 6.07) is 0. The highest BCUT2D eigenvalue weighted by atomic mass is 31.2. The molecule has 144 valence electrons. The second kappa shape index (κ2) is 7.45. The minimum absolute atomic E-state index is 0.303. The third kappa shape index (κ3) is 8.54. The lowest BCUT2D eigenvalue weighted by Crippen LogP contribution is -2.69. The third-order valence-electron chi connectivity index (χ3n) is 4.06. The molecule has 0 aromatic carbocycles. The van der Waals surface area contributed by atoms with E-state index in [2.05, 4.69) is 10.6 Å². The van der Waals surface area contributed by atoms with Gasteiger partial charge in [-0.2, -0.15) is 0 Å². The van der Waals surface area contributed by atoms with E-state index >= 15 is 0 Å². The number of nitrogens with one attached hydrogen (secondary N) is 2. The van der Waals surface area contributed by atoms with Crippen molar-refractivity contribution in [1.29, 1.82) is 0 Å². The van der Waals surface area contributed by atoms with E-state index in [1.54, 1.807) is 27.7 Å². The molecule has 10 heteroatoms. The van der Waals surface area contributed by atoms with Crippen molar-refractivity contribution in [2.45, 2.75) is 76.5 Å². The van der Waals surface area contributed by atoms with E-state index in [0.29, 0.717) is 0 Å². The maximum absolute atomic E-state index is 11.4. The van der Waals surface area contributed by atoms with E-state index in [-0.39, 0.29) is 12.3 Å². The van der Waals surface area contributed by atoms with Crippen LogP contribution in [0.5, 0.6) is 0 Å². The van der Waals surface area contributed by atoms with E-state index < -0.39 is 31.9 Å². The smallest absolute Gasteiger partial charge is 0.324 e. The van der Waals surface area contributed by atoms with Crippen LogP contribution in [0.4, 0.5) is 0 Å². The van der Waals surface area contributed by atoms with E-state index in [9.17, 15) is 28.7 Å². The molecule has 0 atom stereocenters. The third-order valence-corrected chi connectivity index (χ3v) is 6.47. The first-order valence-corrected chi connectivity index (χ1v) is 11.8. The van der Waals surface area contributed by atoms with Gasteiger partial charge in [0, 0.05) is 11.1 Å². The zero-order chi connectivity index (χ0) is 18.9. The van der Waals surface area contributed by atoms with Crippen molar-refractivity contribution in [2.75, 3.05) is 12.3 Å². The first kappa shape index (κ1) is 22.3. The van der Waals surface area contributed by atoms with Crippen LogP contribution >= 0.6 is 15.2 Å². The molecular formula is C14H32N2O6P2. The van der Waals surface area contributed by atoms with Crippen LogP contribution < -0.4 is 10.6 Å². The zero-order valence-corrected chi connectivity index (χ0v) is 16.7. The summed E-state index contributed by atoms with van der Waals surface area (Å²) in [5, 5.41) is 6.70. The van der Waals surface area contributed by atoms with Crippen molar-refractivity contribution in [3.63, 3.8) is 0 Å². The van der Waals surface area contributed by atoms with Crippen molar-refractivity contribution in [1.82, 2.24) is 10.6 Å². The average molecular weight is 386 g/mol. The molecule has 1 aliphatic rings. The molecule has 0 heterocycles. The van der Waals surface area contributed by atoms with Crippen molar-refractivity contribution < 1.29 is 28.7 Å².